The molecule has 0 aliphatic rings. The summed E-state index contributed by atoms with van der Waals surface area (Å²) in [5.41, 5.74) is 2.10. The zero-order chi connectivity index (χ0) is 13.8. The van der Waals surface area contributed by atoms with Crippen molar-refractivity contribution in [3.63, 3.8) is 0 Å². The molecule has 0 aromatic heterocycles. The van der Waals surface area contributed by atoms with Gasteiger partial charge in [0.1, 0.15) is 0 Å². The van der Waals surface area contributed by atoms with Crippen LogP contribution in [0.2, 0.25) is 15.1 Å². The highest BCUT2D eigenvalue weighted by Gasteiger charge is 2.09. The molecule has 2 aromatic carbocycles. The molecule has 0 amide bonds. The first kappa shape index (κ1) is 14.7. The summed E-state index contributed by atoms with van der Waals surface area (Å²) in [6.07, 6.45) is 0. The van der Waals surface area contributed by atoms with Gasteiger partial charge in [0.05, 0.1) is 0 Å². The third-order valence-electron chi connectivity index (χ3n) is 2.99. The molecule has 0 heterocycles. The Hall–Kier alpha value is -0.730. The lowest BCUT2D eigenvalue weighted by Crippen LogP contribution is -2.18. The summed E-state index contributed by atoms with van der Waals surface area (Å²) in [6, 6.07) is 13.5. The SMILES string of the molecule is C[C@H](NCc1ccc(Cl)cc1Cl)c1ccccc1Cl. The number of benzene rings is 2. The van der Waals surface area contributed by atoms with Gasteiger partial charge in [-0.2, -0.15) is 0 Å². The third kappa shape index (κ3) is 3.87. The van der Waals surface area contributed by atoms with Crippen LogP contribution in [0.1, 0.15) is 24.1 Å². The van der Waals surface area contributed by atoms with E-state index in [9.17, 15) is 0 Å². The minimum Gasteiger partial charge on any atom is -0.306 e. The summed E-state index contributed by atoms with van der Waals surface area (Å²) in [7, 11) is 0. The normalized spacial score (nSPS) is 12.4. The molecule has 1 nitrogen and oxygen atoms in total. The summed E-state index contributed by atoms with van der Waals surface area (Å²) in [5.74, 6) is 0. The monoisotopic (exact) mass is 313 g/mol. The molecule has 2 aromatic rings. The van der Waals surface area contributed by atoms with E-state index >= 15 is 0 Å². The summed E-state index contributed by atoms with van der Waals surface area (Å²) in [4.78, 5) is 0. The molecule has 0 fully saturated rings. The van der Waals surface area contributed by atoms with Gasteiger partial charge in [0.2, 0.25) is 0 Å². The second kappa shape index (κ2) is 6.62. The highest BCUT2D eigenvalue weighted by molar-refractivity contribution is 6.35. The molecule has 2 rings (SSSR count). The minimum absolute atomic E-state index is 0.153. The number of hydrogen-bond acceptors (Lipinski definition) is 1. The van der Waals surface area contributed by atoms with E-state index in [1.165, 1.54) is 0 Å². The Kier molecular flexibility index (Phi) is 5.12. The van der Waals surface area contributed by atoms with E-state index in [0.29, 0.717) is 16.6 Å². The van der Waals surface area contributed by atoms with Crippen molar-refractivity contribution in [3.05, 3.63) is 68.7 Å². The van der Waals surface area contributed by atoms with E-state index in [1.54, 1.807) is 6.07 Å². The standard InChI is InChI=1S/C15H14Cl3N/c1-10(13-4-2-3-5-14(13)17)19-9-11-6-7-12(16)8-15(11)18/h2-8,10,19H,9H2,1H3/t10-/m0/s1. The maximum absolute atomic E-state index is 6.17. The van der Waals surface area contributed by atoms with Gasteiger partial charge in [0, 0.05) is 27.7 Å². The topological polar surface area (TPSA) is 12.0 Å². The highest BCUT2D eigenvalue weighted by Crippen LogP contribution is 2.24. The fourth-order valence-corrected chi connectivity index (χ4v) is 2.64. The predicted octanol–water partition coefficient (Wildman–Crippen LogP) is 5.50. The lowest BCUT2D eigenvalue weighted by molar-refractivity contribution is 0.575. The van der Waals surface area contributed by atoms with E-state index < -0.39 is 0 Å². The van der Waals surface area contributed by atoms with Crippen LogP contribution in [0.4, 0.5) is 0 Å². The van der Waals surface area contributed by atoms with Gasteiger partial charge in [-0.25, -0.2) is 0 Å². The molecule has 19 heavy (non-hydrogen) atoms. The van der Waals surface area contributed by atoms with E-state index in [4.69, 9.17) is 34.8 Å². The maximum Gasteiger partial charge on any atom is 0.0465 e. The molecule has 1 atom stereocenters. The first-order chi connectivity index (χ1) is 9.08. The second-order valence-electron chi connectivity index (χ2n) is 4.36. The Morgan fingerprint density at radius 1 is 1.00 bits per heavy atom. The Morgan fingerprint density at radius 3 is 2.42 bits per heavy atom. The van der Waals surface area contributed by atoms with E-state index in [0.717, 1.165) is 16.1 Å². The molecule has 0 spiro atoms. The molecule has 0 unspecified atom stereocenters. The Balaban J connectivity index is 2.04. The van der Waals surface area contributed by atoms with Gasteiger partial charge in [-0.05, 0) is 36.2 Å². The molecule has 4 heteroatoms. The smallest absolute Gasteiger partial charge is 0.0465 e. The average molecular weight is 315 g/mol. The van der Waals surface area contributed by atoms with Crippen molar-refractivity contribution in [2.24, 2.45) is 0 Å². The van der Waals surface area contributed by atoms with Crippen molar-refractivity contribution in [3.8, 4) is 0 Å². The Labute approximate surface area is 128 Å². The molecular formula is C15H14Cl3N. The van der Waals surface area contributed by atoms with E-state index in [2.05, 4.69) is 12.2 Å². The molecule has 0 aliphatic heterocycles. The fraction of sp³-hybridized carbons (Fsp3) is 0.200. The van der Waals surface area contributed by atoms with Crippen molar-refractivity contribution in [1.82, 2.24) is 5.32 Å². The summed E-state index contributed by atoms with van der Waals surface area (Å²) in [6.45, 7) is 2.74. The predicted molar refractivity (Wildman–Crippen MR) is 83.2 cm³/mol. The van der Waals surface area contributed by atoms with Gasteiger partial charge in [0.25, 0.3) is 0 Å². The van der Waals surface area contributed by atoms with Crippen molar-refractivity contribution in [2.75, 3.05) is 0 Å². The van der Waals surface area contributed by atoms with Crippen LogP contribution in [0, 0.1) is 0 Å². The number of nitrogens with one attached hydrogen (secondary N) is 1. The van der Waals surface area contributed by atoms with Crippen molar-refractivity contribution < 1.29 is 0 Å². The van der Waals surface area contributed by atoms with Gasteiger partial charge in [0.15, 0.2) is 0 Å². The largest absolute Gasteiger partial charge is 0.306 e. The fourth-order valence-electron chi connectivity index (χ4n) is 1.86. The molecule has 100 valence electrons. The first-order valence-electron chi connectivity index (χ1n) is 5.99. The molecule has 0 aliphatic carbocycles. The first-order valence-corrected chi connectivity index (χ1v) is 7.13. The van der Waals surface area contributed by atoms with Crippen molar-refractivity contribution >= 4 is 34.8 Å². The van der Waals surface area contributed by atoms with E-state index in [-0.39, 0.29) is 6.04 Å². The average Bonchev–Trinajstić information content (AvgIpc) is 2.38. The lowest BCUT2D eigenvalue weighted by Gasteiger charge is -2.16. The minimum atomic E-state index is 0.153. The molecular weight excluding hydrogens is 301 g/mol. The quantitative estimate of drug-likeness (QED) is 0.786. The van der Waals surface area contributed by atoms with Crippen molar-refractivity contribution in [1.29, 1.82) is 0 Å². The Bertz CT molecular complexity index is 569. The molecule has 0 saturated heterocycles. The van der Waals surface area contributed by atoms with Crippen LogP contribution in [0.5, 0.6) is 0 Å². The number of hydrogen-bond donors (Lipinski definition) is 1. The van der Waals surface area contributed by atoms with Gasteiger partial charge in [-0.15, -0.1) is 0 Å². The van der Waals surface area contributed by atoms with Gasteiger partial charge in [-0.1, -0.05) is 59.1 Å². The van der Waals surface area contributed by atoms with Gasteiger partial charge in [-0.3, -0.25) is 0 Å². The summed E-state index contributed by atoms with van der Waals surface area (Å²) in [5, 5.41) is 5.49. The van der Waals surface area contributed by atoms with Crippen LogP contribution in [0.15, 0.2) is 42.5 Å². The second-order valence-corrected chi connectivity index (χ2v) is 5.61. The number of rotatable bonds is 4. The summed E-state index contributed by atoms with van der Waals surface area (Å²) < 4.78 is 0. The lowest BCUT2D eigenvalue weighted by atomic mass is 10.1. The summed E-state index contributed by atoms with van der Waals surface area (Å²) >= 11 is 18.2. The van der Waals surface area contributed by atoms with Crippen LogP contribution >= 0.6 is 34.8 Å². The van der Waals surface area contributed by atoms with Crippen LogP contribution < -0.4 is 5.32 Å². The van der Waals surface area contributed by atoms with Crippen molar-refractivity contribution in [2.45, 2.75) is 19.5 Å². The molecule has 0 radical (unpaired) electrons. The van der Waals surface area contributed by atoms with Crippen LogP contribution in [-0.4, -0.2) is 0 Å². The molecule has 0 saturated carbocycles. The van der Waals surface area contributed by atoms with E-state index in [1.807, 2.05) is 36.4 Å². The van der Waals surface area contributed by atoms with Gasteiger partial charge >= 0.3 is 0 Å². The zero-order valence-corrected chi connectivity index (χ0v) is 12.7. The zero-order valence-electron chi connectivity index (χ0n) is 10.5. The van der Waals surface area contributed by atoms with Crippen LogP contribution in [0.3, 0.4) is 0 Å². The van der Waals surface area contributed by atoms with Crippen LogP contribution in [-0.2, 0) is 6.54 Å². The third-order valence-corrected chi connectivity index (χ3v) is 3.92. The number of halogens is 3. The maximum atomic E-state index is 6.17. The van der Waals surface area contributed by atoms with Gasteiger partial charge < -0.3 is 5.32 Å². The molecule has 1 N–H and O–H groups in total. The highest BCUT2D eigenvalue weighted by atomic mass is 35.5. The Morgan fingerprint density at radius 2 is 1.74 bits per heavy atom. The molecule has 0 bridgehead atoms. The van der Waals surface area contributed by atoms with Crippen LogP contribution in [0.25, 0.3) is 0 Å².